The molecule has 3 aliphatic rings. The van der Waals surface area contributed by atoms with E-state index in [-0.39, 0.29) is 18.6 Å². The zero-order valence-electron chi connectivity index (χ0n) is 16.0. The fourth-order valence-corrected chi connectivity index (χ4v) is 4.74. The number of likely N-dealkylation sites (tertiary alicyclic amines) is 1. The third-order valence-corrected chi connectivity index (χ3v) is 6.31. The summed E-state index contributed by atoms with van der Waals surface area (Å²) in [6.45, 7) is 3.67. The monoisotopic (exact) mass is 373 g/mol. The van der Waals surface area contributed by atoms with Gasteiger partial charge in [0.25, 0.3) is 0 Å². The Bertz CT molecular complexity index is 649. The molecule has 0 spiro atoms. The lowest BCUT2D eigenvalue weighted by Crippen LogP contribution is -2.37. The largest absolute Gasteiger partial charge is 0.396 e. The van der Waals surface area contributed by atoms with Gasteiger partial charge in [-0.25, -0.2) is 9.97 Å². The Morgan fingerprint density at radius 2 is 1.96 bits per heavy atom. The van der Waals surface area contributed by atoms with Gasteiger partial charge in [0.15, 0.2) is 0 Å². The Labute approximate surface area is 161 Å². The molecule has 0 aromatic carbocycles. The number of carbonyl (C=O) groups excluding carboxylic acids is 1. The zero-order valence-corrected chi connectivity index (χ0v) is 16.0. The van der Waals surface area contributed by atoms with Crippen LogP contribution in [-0.4, -0.2) is 64.7 Å². The minimum absolute atomic E-state index is 0.236. The summed E-state index contributed by atoms with van der Waals surface area (Å²) < 4.78 is 0. The molecule has 1 aliphatic carbocycles. The van der Waals surface area contributed by atoms with E-state index in [9.17, 15) is 9.90 Å². The summed E-state index contributed by atoms with van der Waals surface area (Å²) in [4.78, 5) is 25.7. The molecule has 1 saturated carbocycles. The van der Waals surface area contributed by atoms with Gasteiger partial charge in [0.1, 0.15) is 18.0 Å². The second-order valence-electron chi connectivity index (χ2n) is 8.29. The van der Waals surface area contributed by atoms with E-state index in [0.29, 0.717) is 11.8 Å². The first-order valence-electron chi connectivity index (χ1n) is 10.5. The summed E-state index contributed by atoms with van der Waals surface area (Å²) in [5, 5.41) is 12.9. The number of nitrogens with one attached hydrogen (secondary N) is 1. The van der Waals surface area contributed by atoms with Crippen LogP contribution in [-0.2, 0) is 4.79 Å². The molecule has 0 radical (unpaired) electrons. The van der Waals surface area contributed by atoms with Crippen molar-refractivity contribution < 1.29 is 9.90 Å². The van der Waals surface area contributed by atoms with Crippen molar-refractivity contribution in [2.45, 2.75) is 51.0 Å². The van der Waals surface area contributed by atoms with E-state index in [1.54, 1.807) is 6.33 Å². The van der Waals surface area contributed by atoms with Gasteiger partial charge in [0, 0.05) is 50.8 Å². The van der Waals surface area contributed by atoms with Gasteiger partial charge >= 0.3 is 0 Å². The molecular weight excluding hydrogens is 342 g/mol. The van der Waals surface area contributed by atoms with Crippen molar-refractivity contribution in [2.75, 3.05) is 43.0 Å². The number of carbonyl (C=O) groups is 1. The average molecular weight is 374 g/mol. The van der Waals surface area contributed by atoms with E-state index in [0.717, 1.165) is 69.9 Å². The molecule has 2 aliphatic heterocycles. The normalized spacial score (nSPS) is 26.6. The number of rotatable bonds is 5. The summed E-state index contributed by atoms with van der Waals surface area (Å²) in [6.07, 6.45) is 9.26. The van der Waals surface area contributed by atoms with Crippen molar-refractivity contribution in [1.29, 1.82) is 0 Å². The topological polar surface area (TPSA) is 81.6 Å². The number of amides is 1. The number of aliphatic hydroxyl groups excluding tert-OH is 1. The molecule has 1 aromatic rings. The van der Waals surface area contributed by atoms with Crippen LogP contribution in [0.5, 0.6) is 0 Å². The highest BCUT2D eigenvalue weighted by Gasteiger charge is 2.32. The zero-order chi connectivity index (χ0) is 18.6. The van der Waals surface area contributed by atoms with Crippen LogP contribution >= 0.6 is 0 Å². The Morgan fingerprint density at radius 3 is 2.78 bits per heavy atom. The highest BCUT2D eigenvalue weighted by molar-refractivity contribution is 5.79. The minimum atomic E-state index is 0.236. The Kier molecular flexibility index (Phi) is 5.76. The molecule has 3 fully saturated rings. The van der Waals surface area contributed by atoms with Crippen molar-refractivity contribution in [2.24, 2.45) is 11.8 Å². The van der Waals surface area contributed by atoms with Gasteiger partial charge < -0.3 is 20.2 Å². The molecule has 27 heavy (non-hydrogen) atoms. The van der Waals surface area contributed by atoms with Crippen LogP contribution in [0.4, 0.5) is 11.6 Å². The van der Waals surface area contributed by atoms with Crippen LogP contribution in [0.3, 0.4) is 0 Å². The van der Waals surface area contributed by atoms with Crippen LogP contribution in [0, 0.1) is 11.8 Å². The number of hydrogen-bond donors (Lipinski definition) is 2. The predicted octanol–water partition coefficient (Wildman–Crippen LogP) is 1.89. The number of aliphatic hydroxyl groups is 1. The molecule has 1 amide bonds. The van der Waals surface area contributed by atoms with E-state index in [1.807, 2.05) is 11.0 Å². The van der Waals surface area contributed by atoms with Gasteiger partial charge in [-0.3, -0.25) is 4.79 Å². The highest BCUT2D eigenvalue weighted by Crippen LogP contribution is 2.28. The Hall–Kier alpha value is -1.89. The standard InChI is InChI=1S/C20H31N5O2/c26-13-15-4-3-8-24(11-15)19-10-18(21-14-22-19)23-17-7-9-25(12-17)20(27)16-5-1-2-6-16/h10,14-17,26H,1-9,11-13H2,(H,21,22,23). The smallest absolute Gasteiger partial charge is 0.225 e. The third-order valence-electron chi connectivity index (χ3n) is 6.31. The fourth-order valence-electron chi connectivity index (χ4n) is 4.74. The first kappa shape index (κ1) is 18.5. The molecular formula is C20H31N5O2. The summed E-state index contributed by atoms with van der Waals surface area (Å²) in [6, 6.07) is 2.26. The van der Waals surface area contributed by atoms with Crippen molar-refractivity contribution >= 4 is 17.5 Å². The number of piperidine rings is 1. The minimum Gasteiger partial charge on any atom is -0.396 e. The van der Waals surface area contributed by atoms with Crippen LogP contribution < -0.4 is 10.2 Å². The molecule has 7 heteroatoms. The van der Waals surface area contributed by atoms with E-state index >= 15 is 0 Å². The molecule has 148 valence electrons. The molecule has 4 rings (SSSR count). The molecule has 0 bridgehead atoms. The maximum Gasteiger partial charge on any atom is 0.225 e. The molecule has 2 unspecified atom stereocenters. The van der Waals surface area contributed by atoms with E-state index in [4.69, 9.17) is 0 Å². The molecule has 7 nitrogen and oxygen atoms in total. The number of anilines is 2. The van der Waals surface area contributed by atoms with Gasteiger partial charge in [-0.15, -0.1) is 0 Å². The fraction of sp³-hybridized carbons (Fsp3) is 0.750. The Morgan fingerprint density at radius 1 is 1.11 bits per heavy atom. The Balaban J connectivity index is 1.34. The van der Waals surface area contributed by atoms with Crippen LogP contribution in [0.25, 0.3) is 0 Å². The predicted molar refractivity (Wildman–Crippen MR) is 105 cm³/mol. The van der Waals surface area contributed by atoms with Crippen molar-refractivity contribution in [1.82, 2.24) is 14.9 Å². The second kappa shape index (κ2) is 8.42. The van der Waals surface area contributed by atoms with Crippen LogP contribution in [0.2, 0.25) is 0 Å². The first-order valence-corrected chi connectivity index (χ1v) is 10.5. The summed E-state index contributed by atoms with van der Waals surface area (Å²) in [7, 11) is 0. The molecule has 2 N–H and O–H groups in total. The van der Waals surface area contributed by atoms with Crippen LogP contribution in [0.1, 0.15) is 44.9 Å². The van der Waals surface area contributed by atoms with Gasteiger partial charge in [-0.1, -0.05) is 12.8 Å². The maximum atomic E-state index is 12.6. The SMILES string of the molecule is O=C(C1CCCC1)N1CCC(Nc2cc(N3CCCC(CO)C3)ncn2)C1. The van der Waals surface area contributed by atoms with Gasteiger partial charge in [-0.2, -0.15) is 0 Å². The van der Waals surface area contributed by atoms with Gasteiger partial charge in [-0.05, 0) is 38.0 Å². The van der Waals surface area contributed by atoms with E-state index in [1.165, 1.54) is 12.8 Å². The van der Waals surface area contributed by atoms with Crippen LogP contribution in [0.15, 0.2) is 12.4 Å². The quantitative estimate of drug-likeness (QED) is 0.820. The van der Waals surface area contributed by atoms with Gasteiger partial charge in [0.2, 0.25) is 5.91 Å². The maximum absolute atomic E-state index is 12.6. The van der Waals surface area contributed by atoms with E-state index < -0.39 is 0 Å². The van der Waals surface area contributed by atoms with Crippen molar-refractivity contribution in [3.63, 3.8) is 0 Å². The number of aromatic nitrogens is 2. The lowest BCUT2D eigenvalue weighted by atomic mass is 9.99. The van der Waals surface area contributed by atoms with Crippen molar-refractivity contribution in [3.8, 4) is 0 Å². The third kappa shape index (κ3) is 4.34. The van der Waals surface area contributed by atoms with Gasteiger partial charge in [0.05, 0.1) is 0 Å². The lowest BCUT2D eigenvalue weighted by Gasteiger charge is -2.32. The number of hydrogen-bond acceptors (Lipinski definition) is 6. The number of nitrogens with zero attached hydrogens (tertiary/aromatic N) is 4. The average Bonchev–Trinajstić information content (AvgIpc) is 3.40. The summed E-state index contributed by atoms with van der Waals surface area (Å²) >= 11 is 0. The molecule has 2 atom stereocenters. The first-order chi connectivity index (χ1) is 13.2. The van der Waals surface area contributed by atoms with E-state index in [2.05, 4.69) is 20.2 Å². The molecule has 3 heterocycles. The highest BCUT2D eigenvalue weighted by atomic mass is 16.3. The lowest BCUT2D eigenvalue weighted by molar-refractivity contribution is -0.134. The summed E-state index contributed by atoms with van der Waals surface area (Å²) in [5.41, 5.74) is 0. The molecule has 2 saturated heterocycles. The summed E-state index contributed by atoms with van der Waals surface area (Å²) in [5.74, 6) is 2.68. The molecule has 1 aromatic heterocycles. The van der Waals surface area contributed by atoms with Crippen molar-refractivity contribution in [3.05, 3.63) is 12.4 Å². The second-order valence-corrected chi connectivity index (χ2v) is 8.29.